The quantitative estimate of drug-likeness (QED) is 0.610. The van der Waals surface area contributed by atoms with Crippen molar-refractivity contribution in [2.75, 3.05) is 13.1 Å². The third-order valence-electron chi connectivity index (χ3n) is 2.70. The molecule has 0 N–H and O–H groups in total. The summed E-state index contributed by atoms with van der Waals surface area (Å²) < 4.78 is 77.7. The van der Waals surface area contributed by atoms with Gasteiger partial charge < -0.3 is 4.31 Å². The highest BCUT2D eigenvalue weighted by Crippen LogP contribution is 2.37. The number of aliphatic imine (C=N–C) groups is 1. The average Bonchev–Trinajstić information content (AvgIpc) is 2.87. The zero-order valence-corrected chi connectivity index (χ0v) is 11.3. The van der Waals surface area contributed by atoms with Gasteiger partial charge in [0.15, 0.2) is 0 Å². The molecule has 9 heteroatoms. The van der Waals surface area contributed by atoms with Gasteiger partial charge in [-0.25, -0.2) is 0 Å². The summed E-state index contributed by atoms with van der Waals surface area (Å²) >= 11 is 1.13. The van der Waals surface area contributed by atoms with E-state index >= 15 is 0 Å². The number of hydrogen-bond donors (Lipinski definition) is 0. The van der Waals surface area contributed by atoms with E-state index in [1.54, 1.807) is 4.31 Å². The van der Waals surface area contributed by atoms with E-state index in [2.05, 4.69) is 4.99 Å². The van der Waals surface area contributed by atoms with E-state index in [0.717, 1.165) is 24.1 Å². The minimum Gasteiger partial charge on any atom is -0.305 e. The summed E-state index contributed by atoms with van der Waals surface area (Å²) in [6.07, 6.45) is -8.10. The fourth-order valence-electron chi connectivity index (χ4n) is 1.72. The van der Waals surface area contributed by atoms with Crippen LogP contribution in [0.15, 0.2) is 23.2 Å². The van der Waals surface area contributed by atoms with Gasteiger partial charge in [0.25, 0.3) is 0 Å². The maximum absolute atomic E-state index is 12.7. The molecule has 21 heavy (non-hydrogen) atoms. The topological polar surface area (TPSA) is 15.6 Å². The van der Waals surface area contributed by atoms with Crippen molar-refractivity contribution in [1.29, 1.82) is 0 Å². The molecule has 0 fully saturated rings. The Kier molecular flexibility index (Phi) is 4.40. The van der Waals surface area contributed by atoms with Crippen LogP contribution in [-0.2, 0) is 18.1 Å². The standard InChI is InChI=1S/C12H10F6N2S/c13-11(14,15)9-3-8(4-10(5-9)12(16,17)18)6-21-20-2-1-19-7-20/h3-5,7H,1-2,6H2. The van der Waals surface area contributed by atoms with Crippen molar-refractivity contribution in [3.05, 3.63) is 34.9 Å². The molecule has 0 saturated carbocycles. The van der Waals surface area contributed by atoms with Crippen molar-refractivity contribution in [3.8, 4) is 0 Å². The minimum atomic E-state index is -4.81. The fraction of sp³-hybridized carbons (Fsp3) is 0.417. The number of hydrogen-bond acceptors (Lipinski definition) is 3. The van der Waals surface area contributed by atoms with Crippen LogP contribution in [0.25, 0.3) is 0 Å². The van der Waals surface area contributed by atoms with Crippen LogP contribution >= 0.6 is 11.9 Å². The van der Waals surface area contributed by atoms with E-state index in [4.69, 9.17) is 0 Å². The fourth-order valence-corrected chi connectivity index (χ4v) is 2.55. The van der Waals surface area contributed by atoms with Crippen molar-refractivity contribution < 1.29 is 26.3 Å². The molecule has 0 radical (unpaired) electrons. The summed E-state index contributed by atoms with van der Waals surface area (Å²) in [5.74, 6) is 0.0129. The van der Waals surface area contributed by atoms with Crippen LogP contribution < -0.4 is 0 Å². The molecule has 116 valence electrons. The van der Waals surface area contributed by atoms with Gasteiger partial charge in [-0.15, -0.1) is 0 Å². The van der Waals surface area contributed by atoms with Crippen molar-refractivity contribution in [2.45, 2.75) is 18.1 Å². The van der Waals surface area contributed by atoms with Gasteiger partial charge in [0, 0.05) is 5.75 Å². The van der Waals surface area contributed by atoms with E-state index in [9.17, 15) is 26.3 Å². The molecule has 0 bridgehead atoms. The van der Waals surface area contributed by atoms with Gasteiger partial charge in [-0.05, 0) is 35.7 Å². The number of nitrogens with zero attached hydrogens (tertiary/aromatic N) is 2. The Morgan fingerprint density at radius 3 is 2.00 bits per heavy atom. The molecule has 0 aromatic heterocycles. The van der Waals surface area contributed by atoms with Gasteiger partial charge in [0.05, 0.1) is 30.6 Å². The summed E-state index contributed by atoms with van der Waals surface area (Å²) in [5.41, 5.74) is -2.60. The Labute approximate surface area is 121 Å². The highest BCUT2D eigenvalue weighted by Gasteiger charge is 2.36. The highest BCUT2D eigenvalue weighted by atomic mass is 32.2. The first-order chi connectivity index (χ1) is 9.66. The Morgan fingerprint density at radius 1 is 1.00 bits per heavy atom. The first-order valence-corrected chi connectivity index (χ1v) is 6.78. The van der Waals surface area contributed by atoms with E-state index < -0.39 is 23.5 Å². The van der Waals surface area contributed by atoms with Crippen molar-refractivity contribution in [3.63, 3.8) is 0 Å². The van der Waals surface area contributed by atoms with E-state index in [-0.39, 0.29) is 17.4 Å². The van der Waals surface area contributed by atoms with Gasteiger partial charge in [-0.3, -0.25) is 4.99 Å². The molecule has 0 saturated heterocycles. The van der Waals surface area contributed by atoms with Gasteiger partial charge in [-0.1, -0.05) is 0 Å². The van der Waals surface area contributed by atoms with Crippen LogP contribution in [0.3, 0.4) is 0 Å². The molecule has 1 aliphatic rings. The van der Waals surface area contributed by atoms with Crippen LogP contribution in [0, 0.1) is 0 Å². The Hall–Kier alpha value is -1.38. The number of rotatable bonds is 3. The summed E-state index contributed by atoms with van der Waals surface area (Å²) in [4.78, 5) is 3.91. The summed E-state index contributed by atoms with van der Waals surface area (Å²) in [6.45, 7) is 1.17. The number of benzene rings is 1. The van der Waals surface area contributed by atoms with Crippen LogP contribution in [0.1, 0.15) is 16.7 Å². The maximum Gasteiger partial charge on any atom is 0.416 e. The molecule has 1 heterocycles. The van der Waals surface area contributed by atoms with Crippen molar-refractivity contribution in [1.82, 2.24) is 4.31 Å². The molecule has 1 aromatic rings. The lowest BCUT2D eigenvalue weighted by molar-refractivity contribution is -0.143. The molecule has 1 aromatic carbocycles. The predicted octanol–water partition coefficient (Wildman–Crippen LogP) is 4.22. The lowest BCUT2D eigenvalue weighted by Gasteiger charge is -2.16. The summed E-state index contributed by atoms with van der Waals surface area (Å²) in [5, 5.41) is 0. The lowest BCUT2D eigenvalue weighted by atomic mass is 10.1. The predicted molar refractivity (Wildman–Crippen MR) is 67.8 cm³/mol. The van der Waals surface area contributed by atoms with Gasteiger partial charge in [0.2, 0.25) is 0 Å². The molecule has 2 nitrogen and oxygen atoms in total. The molecule has 0 aliphatic carbocycles. The van der Waals surface area contributed by atoms with Crippen LogP contribution in [-0.4, -0.2) is 23.7 Å². The van der Waals surface area contributed by atoms with Crippen molar-refractivity contribution >= 4 is 18.3 Å². The molecule has 0 atom stereocenters. The normalized spacial score (nSPS) is 15.8. The van der Waals surface area contributed by atoms with E-state index in [1.807, 2.05) is 0 Å². The number of alkyl halides is 6. The lowest BCUT2D eigenvalue weighted by Crippen LogP contribution is -2.13. The monoisotopic (exact) mass is 328 g/mol. The van der Waals surface area contributed by atoms with Crippen molar-refractivity contribution in [2.24, 2.45) is 4.99 Å². The Morgan fingerprint density at radius 2 is 1.57 bits per heavy atom. The molecule has 2 rings (SSSR count). The average molecular weight is 328 g/mol. The third kappa shape index (κ3) is 4.29. The molecule has 0 amide bonds. The maximum atomic E-state index is 12.7. The first-order valence-electron chi connectivity index (χ1n) is 5.84. The van der Waals surface area contributed by atoms with E-state index in [0.29, 0.717) is 13.1 Å². The van der Waals surface area contributed by atoms with Gasteiger partial charge in [0.1, 0.15) is 0 Å². The molecule has 0 unspecified atom stereocenters. The van der Waals surface area contributed by atoms with Crippen LogP contribution in [0.5, 0.6) is 0 Å². The van der Waals surface area contributed by atoms with Crippen LogP contribution in [0.2, 0.25) is 0 Å². The first kappa shape index (κ1) is 16.0. The zero-order valence-electron chi connectivity index (χ0n) is 10.5. The second-order valence-electron chi connectivity index (χ2n) is 4.35. The Bertz CT molecular complexity index is 505. The third-order valence-corrected chi connectivity index (χ3v) is 3.78. The largest absolute Gasteiger partial charge is 0.416 e. The Balaban J connectivity index is 2.24. The highest BCUT2D eigenvalue weighted by molar-refractivity contribution is 7.96. The second kappa shape index (κ2) is 5.78. The van der Waals surface area contributed by atoms with Gasteiger partial charge in [-0.2, -0.15) is 26.3 Å². The van der Waals surface area contributed by atoms with Crippen LogP contribution in [0.4, 0.5) is 26.3 Å². The molecule has 0 spiro atoms. The minimum absolute atomic E-state index is 0.0129. The summed E-state index contributed by atoms with van der Waals surface area (Å²) in [7, 11) is 0. The zero-order chi connectivity index (χ0) is 15.7. The SMILES string of the molecule is FC(F)(F)c1cc(CSN2C=NCC2)cc(C(F)(F)F)c1. The number of halogens is 6. The smallest absolute Gasteiger partial charge is 0.305 e. The van der Waals surface area contributed by atoms with Gasteiger partial charge >= 0.3 is 12.4 Å². The van der Waals surface area contributed by atoms with E-state index in [1.165, 1.54) is 6.34 Å². The summed E-state index contributed by atoms with van der Waals surface area (Å²) in [6, 6.07) is 1.62. The molecular weight excluding hydrogens is 318 g/mol. The molecule has 1 aliphatic heterocycles. The molecular formula is C12H10F6N2S. The second-order valence-corrected chi connectivity index (χ2v) is 5.37.